The van der Waals surface area contributed by atoms with Crippen molar-refractivity contribution in [2.24, 2.45) is 0 Å². The van der Waals surface area contributed by atoms with Crippen molar-refractivity contribution in [1.29, 1.82) is 0 Å². The van der Waals surface area contributed by atoms with E-state index in [4.69, 9.17) is 9.15 Å². The van der Waals surface area contributed by atoms with Crippen LogP contribution >= 0.6 is 0 Å². The number of aromatic amines is 1. The van der Waals surface area contributed by atoms with E-state index in [2.05, 4.69) is 4.98 Å². The zero-order valence-electron chi connectivity index (χ0n) is 19.5. The van der Waals surface area contributed by atoms with Gasteiger partial charge in [-0.2, -0.15) is 13.2 Å². The van der Waals surface area contributed by atoms with Crippen LogP contribution in [-0.4, -0.2) is 21.3 Å². The van der Waals surface area contributed by atoms with Crippen LogP contribution in [-0.2, 0) is 25.6 Å². The number of aryl methyl sites for hydroxylation is 3. The second-order valence-electron chi connectivity index (χ2n) is 8.28. The minimum absolute atomic E-state index is 0.0872. The van der Waals surface area contributed by atoms with Crippen molar-refractivity contribution >= 4 is 11.0 Å². The van der Waals surface area contributed by atoms with Crippen molar-refractivity contribution in [2.75, 3.05) is 6.61 Å². The Morgan fingerprint density at radius 1 is 1.12 bits per heavy atom. The monoisotopic (exact) mass is 482 g/mol. The van der Waals surface area contributed by atoms with E-state index in [0.29, 0.717) is 73.7 Å². The molecule has 0 aliphatic rings. The van der Waals surface area contributed by atoms with E-state index in [1.807, 2.05) is 13.8 Å². The molecule has 2 heterocycles. The number of alkyl halides is 3. The van der Waals surface area contributed by atoms with Gasteiger partial charge in [-0.15, -0.1) is 0 Å². The van der Waals surface area contributed by atoms with Crippen LogP contribution in [0.2, 0.25) is 0 Å². The van der Waals surface area contributed by atoms with Gasteiger partial charge >= 0.3 is 17.5 Å². The largest absolute Gasteiger partial charge is 0.493 e. The Labute approximate surface area is 194 Å². The number of imidazole rings is 1. The van der Waals surface area contributed by atoms with Crippen LogP contribution in [0.25, 0.3) is 11.0 Å². The Kier molecular flexibility index (Phi) is 7.78. The third kappa shape index (κ3) is 5.31. The van der Waals surface area contributed by atoms with Crippen LogP contribution < -0.4 is 16.1 Å². The summed E-state index contributed by atoms with van der Waals surface area (Å²) in [5.41, 5.74) is -1.06. The average Bonchev–Trinajstić information content (AvgIpc) is 3.00. The second-order valence-corrected chi connectivity index (χ2v) is 8.28. The Balaban J connectivity index is 1.92. The van der Waals surface area contributed by atoms with E-state index in [-0.39, 0.29) is 23.5 Å². The molecular formula is C24H29F3N2O5. The molecular weight excluding hydrogens is 453 g/mol. The lowest BCUT2D eigenvalue weighted by Crippen LogP contribution is -2.17. The Hall–Kier alpha value is -3.17. The lowest BCUT2D eigenvalue weighted by molar-refractivity contribution is -0.136. The summed E-state index contributed by atoms with van der Waals surface area (Å²) in [5, 5.41) is 9.80. The number of ether oxygens (including phenoxy) is 1. The molecule has 0 aliphatic carbocycles. The lowest BCUT2D eigenvalue weighted by Gasteiger charge is -2.19. The highest BCUT2D eigenvalue weighted by atomic mass is 19.4. The van der Waals surface area contributed by atoms with Crippen LogP contribution in [0.5, 0.6) is 11.6 Å². The molecule has 2 aromatic heterocycles. The number of aromatic hydroxyl groups is 1. The third-order valence-electron chi connectivity index (χ3n) is 5.64. The van der Waals surface area contributed by atoms with E-state index in [1.54, 1.807) is 6.92 Å². The molecule has 186 valence electrons. The standard InChI is InChI=1S/C24H29F3N2O5/c1-4-8-15-12-17-18(24(25,26)27)13-19(30)34-21(17)16(9-5-2)20(15)33-11-7-6-10-29-22(31)14(3)28-23(29)32/h12-13,31H,4-11H2,1-3H3,(H,28,32). The quantitative estimate of drug-likeness (QED) is 0.310. The number of aromatic nitrogens is 2. The van der Waals surface area contributed by atoms with Gasteiger partial charge in [0.05, 0.1) is 17.9 Å². The Morgan fingerprint density at radius 3 is 2.41 bits per heavy atom. The van der Waals surface area contributed by atoms with Crippen molar-refractivity contribution in [2.45, 2.75) is 72.0 Å². The number of benzene rings is 1. The summed E-state index contributed by atoms with van der Waals surface area (Å²) in [5.74, 6) is 0.350. The number of nitrogens with one attached hydrogen (secondary N) is 1. The maximum atomic E-state index is 13.7. The Morgan fingerprint density at radius 2 is 1.82 bits per heavy atom. The molecule has 0 aliphatic heterocycles. The van der Waals surface area contributed by atoms with Gasteiger partial charge in [-0.1, -0.05) is 26.7 Å². The number of fused-ring (bicyclic) bond motifs is 1. The molecule has 2 N–H and O–H groups in total. The highest BCUT2D eigenvalue weighted by Crippen LogP contribution is 2.40. The molecule has 34 heavy (non-hydrogen) atoms. The molecule has 0 bridgehead atoms. The van der Waals surface area contributed by atoms with Gasteiger partial charge in [0, 0.05) is 23.6 Å². The zero-order chi connectivity index (χ0) is 25.0. The fourth-order valence-electron chi connectivity index (χ4n) is 4.09. The molecule has 0 atom stereocenters. The number of H-pyrrole nitrogens is 1. The number of rotatable bonds is 10. The average molecular weight is 482 g/mol. The topological polar surface area (TPSA) is 97.5 Å². The number of hydrogen-bond acceptors (Lipinski definition) is 5. The van der Waals surface area contributed by atoms with Gasteiger partial charge in [0.15, 0.2) is 0 Å². The smallest absolute Gasteiger partial charge is 0.417 e. The van der Waals surface area contributed by atoms with E-state index in [0.717, 1.165) is 0 Å². The molecule has 0 fully saturated rings. The molecule has 7 nitrogen and oxygen atoms in total. The number of hydrogen-bond donors (Lipinski definition) is 2. The van der Waals surface area contributed by atoms with E-state index < -0.39 is 23.1 Å². The fraction of sp³-hybridized carbons (Fsp3) is 0.500. The molecule has 0 unspecified atom stereocenters. The van der Waals surface area contributed by atoms with Gasteiger partial charge < -0.3 is 19.2 Å². The molecule has 3 rings (SSSR count). The highest BCUT2D eigenvalue weighted by molar-refractivity contribution is 5.87. The van der Waals surface area contributed by atoms with Crippen LogP contribution in [0.4, 0.5) is 13.2 Å². The molecule has 3 aromatic rings. The second kappa shape index (κ2) is 10.4. The summed E-state index contributed by atoms with van der Waals surface area (Å²) in [7, 11) is 0. The summed E-state index contributed by atoms with van der Waals surface area (Å²) in [4.78, 5) is 26.3. The highest BCUT2D eigenvalue weighted by Gasteiger charge is 2.35. The molecule has 0 saturated heterocycles. The van der Waals surface area contributed by atoms with Gasteiger partial charge in [-0.3, -0.25) is 4.57 Å². The minimum Gasteiger partial charge on any atom is -0.493 e. The van der Waals surface area contributed by atoms with Gasteiger partial charge in [-0.25, -0.2) is 9.59 Å². The van der Waals surface area contributed by atoms with Crippen molar-refractivity contribution in [1.82, 2.24) is 9.55 Å². The van der Waals surface area contributed by atoms with Crippen LogP contribution in [0.15, 0.2) is 26.1 Å². The summed E-state index contributed by atoms with van der Waals surface area (Å²) >= 11 is 0. The minimum atomic E-state index is -4.69. The van der Waals surface area contributed by atoms with Crippen LogP contribution in [0.3, 0.4) is 0 Å². The first-order chi connectivity index (χ1) is 16.1. The first-order valence-electron chi connectivity index (χ1n) is 11.4. The predicted molar refractivity (Wildman–Crippen MR) is 122 cm³/mol. The molecule has 1 aromatic carbocycles. The number of halogens is 3. The summed E-state index contributed by atoms with van der Waals surface area (Å²) in [6.07, 6.45) is -1.40. The molecule has 0 radical (unpaired) electrons. The maximum Gasteiger partial charge on any atom is 0.417 e. The van der Waals surface area contributed by atoms with Crippen molar-refractivity contribution in [3.05, 3.63) is 55.4 Å². The Bertz CT molecular complexity index is 1270. The van der Waals surface area contributed by atoms with Crippen LogP contribution in [0, 0.1) is 6.92 Å². The van der Waals surface area contributed by atoms with Gasteiger partial charge in [0.25, 0.3) is 0 Å². The molecule has 10 heteroatoms. The van der Waals surface area contributed by atoms with Crippen LogP contribution in [0.1, 0.15) is 61.9 Å². The third-order valence-corrected chi connectivity index (χ3v) is 5.64. The first kappa shape index (κ1) is 25.5. The summed E-state index contributed by atoms with van der Waals surface area (Å²) in [6, 6.07) is 1.91. The predicted octanol–water partition coefficient (Wildman–Crippen LogP) is 5.08. The van der Waals surface area contributed by atoms with E-state index >= 15 is 0 Å². The molecule has 0 spiro atoms. The van der Waals surface area contributed by atoms with Gasteiger partial charge in [-0.05, 0) is 44.2 Å². The van der Waals surface area contributed by atoms with Crippen molar-refractivity contribution in [3.8, 4) is 11.6 Å². The number of unbranched alkanes of at least 4 members (excludes halogenated alkanes) is 1. The van der Waals surface area contributed by atoms with Gasteiger partial charge in [0.2, 0.25) is 5.88 Å². The van der Waals surface area contributed by atoms with E-state index in [9.17, 15) is 27.9 Å². The zero-order valence-corrected chi connectivity index (χ0v) is 19.5. The molecule has 0 saturated carbocycles. The fourth-order valence-corrected chi connectivity index (χ4v) is 4.09. The summed E-state index contributed by atoms with van der Waals surface area (Å²) in [6.45, 7) is 5.96. The van der Waals surface area contributed by atoms with Crippen molar-refractivity contribution in [3.63, 3.8) is 0 Å². The van der Waals surface area contributed by atoms with E-state index in [1.165, 1.54) is 10.6 Å². The van der Waals surface area contributed by atoms with Gasteiger partial charge in [0.1, 0.15) is 11.3 Å². The normalized spacial score (nSPS) is 11.9. The lowest BCUT2D eigenvalue weighted by atomic mass is 9.96. The number of nitrogens with zero attached hydrogens (tertiary/aromatic N) is 1. The summed E-state index contributed by atoms with van der Waals surface area (Å²) < 4.78 is 53.5. The SMILES string of the molecule is CCCc1cc2c(C(F)(F)F)cc(=O)oc2c(CCC)c1OCCCCn1c(O)c(C)[nH]c1=O. The molecule has 0 amide bonds. The van der Waals surface area contributed by atoms with Crippen molar-refractivity contribution < 1.29 is 27.4 Å². The maximum absolute atomic E-state index is 13.7. The first-order valence-corrected chi connectivity index (χ1v) is 11.4.